The Labute approximate surface area is 96.6 Å². The Morgan fingerprint density at radius 1 is 1.41 bits per heavy atom. The van der Waals surface area contributed by atoms with Crippen molar-refractivity contribution in [3.05, 3.63) is 30.6 Å². The van der Waals surface area contributed by atoms with E-state index in [2.05, 4.69) is 15.5 Å². The Balaban J connectivity index is 2.11. The van der Waals surface area contributed by atoms with Crippen LogP contribution in [0.15, 0.2) is 30.6 Å². The lowest BCUT2D eigenvalue weighted by molar-refractivity contribution is -0.144. The minimum atomic E-state index is -1.01. The highest BCUT2D eigenvalue weighted by Gasteiger charge is 2.12. The molecule has 1 heterocycles. The molecule has 1 atom stereocenters. The second-order valence-corrected chi connectivity index (χ2v) is 3.35. The van der Waals surface area contributed by atoms with Gasteiger partial charge < -0.3 is 9.84 Å². The SMILES string of the molecule is C[C@H](Oc1ccc(-n2cnnn2)cc1)C(=O)O. The molecule has 0 aliphatic heterocycles. The monoisotopic (exact) mass is 234 g/mol. The van der Waals surface area contributed by atoms with Crippen molar-refractivity contribution < 1.29 is 14.6 Å². The highest BCUT2D eigenvalue weighted by Crippen LogP contribution is 2.15. The molecule has 0 radical (unpaired) electrons. The minimum absolute atomic E-state index is 0.483. The number of tetrazole rings is 1. The lowest BCUT2D eigenvalue weighted by Crippen LogP contribution is -2.22. The van der Waals surface area contributed by atoms with E-state index in [1.807, 2.05) is 0 Å². The fraction of sp³-hybridized carbons (Fsp3) is 0.200. The third-order valence-corrected chi connectivity index (χ3v) is 2.11. The minimum Gasteiger partial charge on any atom is -0.479 e. The summed E-state index contributed by atoms with van der Waals surface area (Å²) in [7, 11) is 0. The molecule has 2 aromatic rings. The molecule has 2 rings (SSSR count). The maximum absolute atomic E-state index is 10.6. The Hall–Kier alpha value is -2.44. The molecular formula is C10H10N4O3. The zero-order valence-corrected chi connectivity index (χ0v) is 9.02. The van der Waals surface area contributed by atoms with Crippen molar-refractivity contribution in [2.24, 2.45) is 0 Å². The first kappa shape index (κ1) is 11.1. The van der Waals surface area contributed by atoms with Gasteiger partial charge in [0.15, 0.2) is 6.10 Å². The van der Waals surface area contributed by atoms with Crippen LogP contribution in [0.25, 0.3) is 5.69 Å². The fourth-order valence-corrected chi connectivity index (χ4v) is 1.21. The Morgan fingerprint density at radius 3 is 2.65 bits per heavy atom. The Kier molecular flexibility index (Phi) is 2.99. The van der Waals surface area contributed by atoms with Crippen molar-refractivity contribution in [2.45, 2.75) is 13.0 Å². The number of hydrogen-bond acceptors (Lipinski definition) is 5. The van der Waals surface area contributed by atoms with Crippen molar-refractivity contribution in [3.63, 3.8) is 0 Å². The third-order valence-electron chi connectivity index (χ3n) is 2.11. The van der Waals surface area contributed by atoms with Crippen LogP contribution in [0, 0.1) is 0 Å². The molecule has 1 aromatic heterocycles. The lowest BCUT2D eigenvalue weighted by Gasteiger charge is -2.10. The van der Waals surface area contributed by atoms with E-state index in [0.29, 0.717) is 5.75 Å². The number of aliphatic carboxylic acids is 1. The number of carbonyl (C=O) groups is 1. The number of carboxylic acids is 1. The van der Waals surface area contributed by atoms with Crippen LogP contribution in [0.2, 0.25) is 0 Å². The smallest absolute Gasteiger partial charge is 0.344 e. The van der Waals surface area contributed by atoms with Crippen molar-refractivity contribution in [3.8, 4) is 11.4 Å². The molecule has 0 saturated heterocycles. The molecule has 88 valence electrons. The predicted molar refractivity (Wildman–Crippen MR) is 56.9 cm³/mol. The molecule has 7 nitrogen and oxygen atoms in total. The van der Waals surface area contributed by atoms with Crippen LogP contribution in [0.1, 0.15) is 6.92 Å². The summed E-state index contributed by atoms with van der Waals surface area (Å²) >= 11 is 0. The maximum Gasteiger partial charge on any atom is 0.344 e. The first-order valence-electron chi connectivity index (χ1n) is 4.89. The molecule has 0 spiro atoms. The highest BCUT2D eigenvalue weighted by molar-refractivity contribution is 5.72. The number of rotatable bonds is 4. The van der Waals surface area contributed by atoms with E-state index in [0.717, 1.165) is 5.69 Å². The summed E-state index contributed by atoms with van der Waals surface area (Å²) in [6.07, 6.45) is 0.587. The first-order chi connectivity index (χ1) is 8.16. The van der Waals surface area contributed by atoms with Gasteiger partial charge in [-0.1, -0.05) is 0 Å². The average Bonchev–Trinajstić information content (AvgIpc) is 2.83. The van der Waals surface area contributed by atoms with E-state index in [9.17, 15) is 4.79 Å². The summed E-state index contributed by atoms with van der Waals surface area (Å²) in [5, 5.41) is 19.5. The second kappa shape index (κ2) is 4.60. The van der Waals surface area contributed by atoms with E-state index in [4.69, 9.17) is 9.84 Å². The van der Waals surface area contributed by atoms with E-state index < -0.39 is 12.1 Å². The van der Waals surface area contributed by atoms with Crippen LogP contribution in [-0.4, -0.2) is 37.4 Å². The molecule has 0 fully saturated rings. The zero-order chi connectivity index (χ0) is 12.3. The quantitative estimate of drug-likeness (QED) is 0.829. The van der Waals surface area contributed by atoms with Crippen LogP contribution >= 0.6 is 0 Å². The van der Waals surface area contributed by atoms with Gasteiger partial charge in [0.1, 0.15) is 12.1 Å². The van der Waals surface area contributed by atoms with E-state index in [-0.39, 0.29) is 0 Å². The summed E-state index contributed by atoms with van der Waals surface area (Å²) in [6, 6.07) is 6.80. The summed E-state index contributed by atoms with van der Waals surface area (Å²) in [6.45, 7) is 1.47. The molecule has 17 heavy (non-hydrogen) atoms. The van der Waals surface area contributed by atoms with Crippen molar-refractivity contribution >= 4 is 5.97 Å². The molecule has 1 N–H and O–H groups in total. The van der Waals surface area contributed by atoms with Crippen LogP contribution < -0.4 is 4.74 Å². The van der Waals surface area contributed by atoms with Gasteiger partial charge in [0.25, 0.3) is 0 Å². The van der Waals surface area contributed by atoms with Gasteiger partial charge in [-0.2, -0.15) is 0 Å². The Morgan fingerprint density at radius 2 is 2.12 bits per heavy atom. The zero-order valence-electron chi connectivity index (χ0n) is 9.02. The largest absolute Gasteiger partial charge is 0.479 e. The van der Waals surface area contributed by atoms with E-state index in [1.165, 1.54) is 17.9 Å². The maximum atomic E-state index is 10.6. The molecule has 0 unspecified atom stereocenters. The number of ether oxygens (including phenoxy) is 1. The lowest BCUT2D eigenvalue weighted by atomic mass is 10.3. The predicted octanol–water partition coefficient (Wildman–Crippen LogP) is 0.514. The van der Waals surface area contributed by atoms with Gasteiger partial charge in [-0.15, -0.1) is 5.10 Å². The number of carboxylic acid groups (broad SMARTS) is 1. The fourth-order valence-electron chi connectivity index (χ4n) is 1.21. The van der Waals surface area contributed by atoms with E-state index in [1.54, 1.807) is 24.3 Å². The number of nitrogens with zero attached hydrogens (tertiary/aromatic N) is 4. The molecule has 0 bridgehead atoms. The molecular weight excluding hydrogens is 224 g/mol. The van der Waals surface area contributed by atoms with Gasteiger partial charge in [0.05, 0.1) is 5.69 Å². The Bertz CT molecular complexity index is 495. The molecule has 0 amide bonds. The van der Waals surface area contributed by atoms with Gasteiger partial charge in [0.2, 0.25) is 0 Å². The van der Waals surface area contributed by atoms with Crippen LogP contribution in [0.4, 0.5) is 0 Å². The normalized spacial score (nSPS) is 12.1. The summed E-state index contributed by atoms with van der Waals surface area (Å²) < 4.78 is 6.68. The number of hydrogen-bond donors (Lipinski definition) is 1. The molecule has 0 aliphatic carbocycles. The highest BCUT2D eigenvalue weighted by atomic mass is 16.5. The van der Waals surface area contributed by atoms with Crippen LogP contribution in [-0.2, 0) is 4.79 Å². The molecule has 0 saturated carbocycles. The van der Waals surface area contributed by atoms with Gasteiger partial charge in [-0.05, 0) is 41.6 Å². The second-order valence-electron chi connectivity index (χ2n) is 3.35. The third kappa shape index (κ3) is 2.57. The van der Waals surface area contributed by atoms with E-state index >= 15 is 0 Å². The summed E-state index contributed by atoms with van der Waals surface area (Å²) in [5.41, 5.74) is 0.769. The molecule has 0 aliphatic rings. The van der Waals surface area contributed by atoms with Gasteiger partial charge in [-0.25, -0.2) is 9.48 Å². The summed E-state index contributed by atoms with van der Waals surface area (Å²) in [4.78, 5) is 10.6. The van der Waals surface area contributed by atoms with Crippen molar-refractivity contribution in [2.75, 3.05) is 0 Å². The first-order valence-corrected chi connectivity index (χ1v) is 4.89. The number of aromatic nitrogens is 4. The molecule has 1 aromatic carbocycles. The average molecular weight is 234 g/mol. The van der Waals surface area contributed by atoms with Gasteiger partial charge in [0, 0.05) is 0 Å². The van der Waals surface area contributed by atoms with Gasteiger partial charge >= 0.3 is 5.97 Å². The van der Waals surface area contributed by atoms with Crippen LogP contribution in [0.5, 0.6) is 5.75 Å². The van der Waals surface area contributed by atoms with Gasteiger partial charge in [-0.3, -0.25) is 0 Å². The molecule has 7 heteroatoms. The standard InChI is InChI=1S/C10H10N4O3/c1-7(10(15)16)17-9-4-2-8(3-5-9)14-6-11-12-13-14/h2-7H,1H3,(H,15,16)/t7-/m0/s1. The van der Waals surface area contributed by atoms with Crippen LogP contribution in [0.3, 0.4) is 0 Å². The van der Waals surface area contributed by atoms with Crippen molar-refractivity contribution in [1.82, 2.24) is 20.2 Å². The number of benzene rings is 1. The van der Waals surface area contributed by atoms with Crippen molar-refractivity contribution in [1.29, 1.82) is 0 Å². The topological polar surface area (TPSA) is 90.1 Å². The summed E-state index contributed by atoms with van der Waals surface area (Å²) in [5.74, 6) is -0.522.